The summed E-state index contributed by atoms with van der Waals surface area (Å²) in [6.45, 7) is -1.07. The van der Waals surface area contributed by atoms with Crippen molar-refractivity contribution in [1.82, 2.24) is 29.4 Å². The summed E-state index contributed by atoms with van der Waals surface area (Å²) in [4.78, 5) is 10.0. The Hall–Kier alpha value is -3.53. The molecular formula is C23H18F2N6OS. The summed E-state index contributed by atoms with van der Waals surface area (Å²) < 4.78 is 34.5. The predicted molar refractivity (Wildman–Crippen MR) is 121 cm³/mol. The van der Waals surface area contributed by atoms with Gasteiger partial charge in [0.15, 0.2) is 11.4 Å². The maximum atomic E-state index is 13.2. The molecule has 166 valence electrons. The van der Waals surface area contributed by atoms with Crippen LogP contribution in [-0.2, 0) is 0 Å². The summed E-state index contributed by atoms with van der Waals surface area (Å²) in [5.74, 6) is 0.0746. The van der Waals surface area contributed by atoms with E-state index in [1.807, 2.05) is 31.3 Å². The number of halogens is 2. The molecule has 1 saturated carbocycles. The number of alkyl halides is 2. The zero-order valence-electron chi connectivity index (χ0n) is 17.5. The standard InChI is InChI=1S/C23H18F2N6OS/c1-13-16-11-27-18(17-12-28-30-8-2-7-26-22(17)30)10-19(16)31(29-13)20-9-15(33-14-3-4-14)5-6-21(20)32-23(24)25/h2,5-12,14,23H,3-4H2,1H3. The first-order chi connectivity index (χ1) is 16.1. The van der Waals surface area contributed by atoms with Crippen molar-refractivity contribution in [3.05, 3.63) is 60.8 Å². The fraction of sp³-hybridized carbons (Fsp3) is 0.217. The van der Waals surface area contributed by atoms with Gasteiger partial charge in [-0.05, 0) is 50.1 Å². The van der Waals surface area contributed by atoms with E-state index in [4.69, 9.17) is 4.74 Å². The van der Waals surface area contributed by atoms with Gasteiger partial charge in [-0.3, -0.25) is 4.98 Å². The fourth-order valence-electron chi connectivity index (χ4n) is 3.81. The third-order valence-electron chi connectivity index (χ3n) is 5.51. The lowest BCUT2D eigenvalue weighted by Gasteiger charge is -2.13. The number of rotatable bonds is 6. The normalized spacial score (nSPS) is 13.9. The van der Waals surface area contributed by atoms with Gasteiger partial charge in [0.25, 0.3) is 0 Å². The fourth-order valence-corrected chi connectivity index (χ4v) is 4.89. The van der Waals surface area contributed by atoms with Crippen molar-refractivity contribution in [1.29, 1.82) is 0 Å². The number of thioether (sulfide) groups is 1. The smallest absolute Gasteiger partial charge is 0.387 e. The van der Waals surface area contributed by atoms with E-state index in [0.717, 1.165) is 27.1 Å². The van der Waals surface area contributed by atoms with Crippen LogP contribution in [0.1, 0.15) is 18.5 Å². The molecular weight excluding hydrogens is 446 g/mol. The van der Waals surface area contributed by atoms with Crippen LogP contribution < -0.4 is 4.74 Å². The van der Waals surface area contributed by atoms with Gasteiger partial charge in [-0.2, -0.15) is 19.0 Å². The Morgan fingerprint density at radius 3 is 2.85 bits per heavy atom. The van der Waals surface area contributed by atoms with Gasteiger partial charge in [-0.1, -0.05) is 0 Å². The number of benzene rings is 1. The van der Waals surface area contributed by atoms with Crippen LogP contribution in [0.15, 0.2) is 60.0 Å². The van der Waals surface area contributed by atoms with Crippen LogP contribution in [0.2, 0.25) is 0 Å². The van der Waals surface area contributed by atoms with Crippen molar-refractivity contribution in [2.45, 2.75) is 36.5 Å². The van der Waals surface area contributed by atoms with Crippen LogP contribution in [-0.4, -0.2) is 41.2 Å². The first-order valence-corrected chi connectivity index (χ1v) is 11.3. The van der Waals surface area contributed by atoms with Gasteiger partial charge in [-0.25, -0.2) is 14.2 Å². The highest BCUT2D eigenvalue weighted by atomic mass is 32.2. The minimum Gasteiger partial charge on any atom is -0.433 e. The summed E-state index contributed by atoms with van der Waals surface area (Å²) in [6, 6.07) is 8.96. The van der Waals surface area contributed by atoms with E-state index in [1.165, 1.54) is 12.8 Å². The van der Waals surface area contributed by atoms with Gasteiger partial charge in [0.05, 0.1) is 28.7 Å². The summed E-state index contributed by atoms with van der Waals surface area (Å²) >= 11 is 1.74. The van der Waals surface area contributed by atoms with Crippen LogP contribution in [0, 0.1) is 6.92 Å². The molecule has 1 aliphatic rings. The summed E-state index contributed by atoms with van der Waals surface area (Å²) in [6.07, 6.45) is 9.30. The van der Waals surface area contributed by atoms with E-state index >= 15 is 0 Å². The third-order valence-corrected chi connectivity index (χ3v) is 6.84. The highest BCUT2D eigenvalue weighted by Crippen LogP contribution is 2.41. The average molecular weight is 465 g/mol. The predicted octanol–water partition coefficient (Wildman–Crippen LogP) is 5.29. The molecule has 0 N–H and O–H groups in total. The number of hydrogen-bond acceptors (Lipinski definition) is 6. The Labute approximate surface area is 191 Å². The molecule has 33 heavy (non-hydrogen) atoms. The number of aryl methyl sites for hydroxylation is 1. The van der Waals surface area contributed by atoms with E-state index in [-0.39, 0.29) is 5.75 Å². The van der Waals surface area contributed by atoms with Crippen LogP contribution in [0.4, 0.5) is 8.78 Å². The highest BCUT2D eigenvalue weighted by Gasteiger charge is 2.24. The molecule has 4 heterocycles. The molecule has 0 amide bonds. The van der Waals surface area contributed by atoms with Crippen molar-refractivity contribution in [3.63, 3.8) is 0 Å². The number of ether oxygens (including phenoxy) is 1. The SMILES string of the molecule is Cc1nn(-c2cc(SC3CC3)ccc2OC(F)F)c2cc(-c3cnn4cccnc34)ncc12. The molecule has 7 nitrogen and oxygen atoms in total. The monoisotopic (exact) mass is 464 g/mol. The summed E-state index contributed by atoms with van der Waals surface area (Å²) in [5, 5.41) is 10.4. The number of fused-ring (bicyclic) bond motifs is 2. The minimum absolute atomic E-state index is 0.0746. The molecule has 0 atom stereocenters. The lowest BCUT2D eigenvalue weighted by molar-refractivity contribution is -0.0499. The molecule has 10 heteroatoms. The Morgan fingerprint density at radius 2 is 2.03 bits per heavy atom. The van der Waals surface area contributed by atoms with E-state index in [0.29, 0.717) is 22.3 Å². The molecule has 1 aliphatic carbocycles. The van der Waals surface area contributed by atoms with Gasteiger partial charge < -0.3 is 4.74 Å². The largest absolute Gasteiger partial charge is 0.433 e. The molecule has 0 bridgehead atoms. The second-order valence-electron chi connectivity index (χ2n) is 7.86. The molecule has 5 aromatic rings. The van der Waals surface area contributed by atoms with E-state index in [9.17, 15) is 8.78 Å². The molecule has 0 unspecified atom stereocenters. The zero-order chi connectivity index (χ0) is 22.5. The van der Waals surface area contributed by atoms with Gasteiger partial charge in [-0.15, -0.1) is 11.8 Å². The Bertz CT molecular complexity index is 1490. The van der Waals surface area contributed by atoms with Gasteiger partial charge in [0.2, 0.25) is 0 Å². The first kappa shape index (κ1) is 20.1. The third kappa shape index (κ3) is 3.70. The van der Waals surface area contributed by atoms with E-state index in [1.54, 1.807) is 51.7 Å². The molecule has 0 radical (unpaired) electrons. The maximum absolute atomic E-state index is 13.2. The molecule has 6 rings (SSSR count). The number of pyridine rings is 1. The topological polar surface area (TPSA) is 70.1 Å². The van der Waals surface area contributed by atoms with Crippen molar-refractivity contribution >= 4 is 28.3 Å². The Morgan fingerprint density at radius 1 is 1.15 bits per heavy atom. The minimum atomic E-state index is -2.93. The zero-order valence-corrected chi connectivity index (χ0v) is 18.3. The Balaban J connectivity index is 1.53. The molecule has 4 aromatic heterocycles. The number of aromatic nitrogens is 6. The first-order valence-electron chi connectivity index (χ1n) is 10.5. The van der Waals surface area contributed by atoms with E-state index in [2.05, 4.69) is 20.2 Å². The molecule has 0 saturated heterocycles. The van der Waals surface area contributed by atoms with Gasteiger partial charge in [0, 0.05) is 34.1 Å². The molecule has 1 aromatic carbocycles. The number of hydrogen-bond donors (Lipinski definition) is 0. The molecule has 0 spiro atoms. The molecule has 1 fully saturated rings. The van der Waals surface area contributed by atoms with Crippen molar-refractivity contribution in [3.8, 4) is 22.7 Å². The Kier molecular flexibility index (Phi) is 4.75. The second-order valence-corrected chi connectivity index (χ2v) is 9.23. The van der Waals surface area contributed by atoms with Crippen LogP contribution in [0.3, 0.4) is 0 Å². The van der Waals surface area contributed by atoms with Gasteiger partial charge in [0.1, 0.15) is 5.69 Å². The van der Waals surface area contributed by atoms with Crippen LogP contribution >= 0.6 is 11.8 Å². The maximum Gasteiger partial charge on any atom is 0.387 e. The van der Waals surface area contributed by atoms with E-state index < -0.39 is 6.61 Å². The summed E-state index contributed by atoms with van der Waals surface area (Å²) in [5.41, 5.74) is 4.05. The van der Waals surface area contributed by atoms with Crippen molar-refractivity contribution < 1.29 is 13.5 Å². The van der Waals surface area contributed by atoms with Crippen LogP contribution in [0.5, 0.6) is 5.75 Å². The van der Waals surface area contributed by atoms with Crippen LogP contribution in [0.25, 0.3) is 33.5 Å². The lowest BCUT2D eigenvalue weighted by Crippen LogP contribution is -2.07. The van der Waals surface area contributed by atoms with Gasteiger partial charge >= 0.3 is 6.61 Å². The molecule has 0 aliphatic heterocycles. The highest BCUT2D eigenvalue weighted by molar-refractivity contribution is 8.00. The quantitative estimate of drug-likeness (QED) is 0.340. The van der Waals surface area contributed by atoms with Crippen molar-refractivity contribution in [2.24, 2.45) is 0 Å². The second kappa shape index (κ2) is 7.80. The number of nitrogens with zero attached hydrogens (tertiary/aromatic N) is 6. The van der Waals surface area contributed by atoms with Crippen molar-refractivity contribution in [2.75, 3.05) is 0 Å². The summed E-state index contributed by atoms with van der Waals surface area (Å²) in [7, 11) is 0. The average Bonchev–Trinajstić information content (AvgIpc) is 3.42. The lowest BCUT2D eigenvalue weighted by atomic mass is 10.1.